The molecule has 0 fully saturated rings. The zero-order valence-corrected chi connectivity index (χ0v) is 15.7. The second-order valence-corrected chi connectivity index (χ2v) is 6.46. The van der Waals surface area contributed by atoms with Crippen LogP contribution in [0, 0.1) is 6.92 Å². The number of hydrogen-bond donors (Lipinski definition) is 2. The number of aryl methyl sites for hydroxylation is 1. The van der Waals surface area contributed by atoms with Gasteiger partial charge in [-0.25, -0.2) is 0 Å². The Hall–Kier alpha value is -3.27. The summed E-state index contributed by atoms with van der Waals surface area (Å²) < 4.78 is 5.37. The Labute approximate surface area is 160 Å². The fourth-order valence-electron chi connectivity index (χ4n) is 2.93. The first-order valence-corrected chi connectivity index (χ1v) is 8.95. The predicted octanol–water partition coefficient (Wildman–Crippen LogP) is 4.80. The summed E-state index contributed by atoms with van der Waals surface area (Å²) >= 11 is 0. The number of para-hydroxylation sites is 1. The molecule has 4 nitrogen and oxygen atoms in total. The second kappa shape index (κ2) is 8.90. The van der Waals surface area contributed by atoms with E-state index in [1.165, 1.54) is 0 Å². The number of rotatable bonds is 7. The average Bonchev–Trinajstić information content (AvgIpc) is 2.67. The van der Waals surface area contributed by atoms with Crippen LogP contribution < -0.4 is 15.4 Å². The number of ether oxygens (including phenoxy) is 1. The lowest BCUT2D eigenvalue weighted by Gasteiger charge is -2.11. The SMILES string of the molecule is COc1ccccc1CNc1ccc(NC(=O)Cc2cccc(C)c2)cc1. The Balaban J connectivity index is 1.54. The zero-order chi connectivity index (χ0) is 19.1. The van der Waals surface area contributed by atoms with E-state index in [0.717, 1.165) is 33.8 Å². The third kappa shape index (κ3) is 5.35. The van der Waals surface area contributed by atoms with Crippen LogP contribution in [-0.4, -0.2) is 13.0 Å². The summed E-state index contributed by atoms with van der Waals surface area (Å²) in [4.78, 5) is 12.2. The third-order valence-corrected chi connectivity index (χ3v) is 4.29. The molecule has 0 unspecified atom stereocenters. The Morgan fingerprint density at radius 3 is 2.41 bits per heavy atom. The summed E-state index contributed by atoms with van der Waals surface area (Å²) in [5.74, 6) is 0.848. The van der Waals surface area contributed by atoms with Crippen LogP contribution in [0.3, 0.4) is 0 Å². The van der Waals surface area contributed by atoms with Gasteiger partial charge in [0.25, 0.3) is 0 Å². The average molecular weight is 360 g/mol. The Morgan fingerprint density at radius 2 is 1.67 bits per heavy atom. The van der Waals surface area contributed by atoms with Crippen LogP contribution in [0.5, 0.6) is 5.75 Å². The molecule has 2 N–H and O–H groups in total. The molecule has 1 amide bonds. The van der Waals surface area contributed by atoms with Crippen LogP contribution in [-0.2, 0) is 17.8 Å². The number of amides is 1. The maximum Gasteiger partial charge on any atom is 0.228 e. The van der Waals surface area contributed by atoms with Crippen LogP contribution in [0.4, 0.5) is 11.4 Å². The topological polar surface area (TPSA) is 50.4 Å². The fourth-order valence-corrected chi connectivity index (χ4v) is 2.93. The van der Waals surface area contributed by atoms with E-state index in [4.69, 9.17) is 4.74 Å². The molecule has 0 saturated heterocycles. The normalized spacial score (nSPS) is 10.3. The highest BCUT2D eigenvalue weighted by atomic mass is 16.5. The zero-order valence-electron chi connectivity index (χ0n) is 15.7. The van der Waals surface area contributed by atoms with Crippen molar-refractivity contribution in [1.29, 1.82) is 0 Å². The molecule has 4 heteroatoms. The van der Waals surface area contributed by atoms with Gasteiger partial charge in [-0.1, -0.05) is 48.0 Å². The maximum atomic E-state index is 12.2. The smallest absolute Gasteiger partial charge is 0.228 e. The van der Waals surface area contributed by atoms with Crippen molar-refractivity contribution in [2.75, 3.05) is 17.7 Å². The van der Waals surface area contributed by atoms with Crippen molar-refractivity contribution < 1.29 is 9.53 Å². The maximum absolute atomic E-state index is 12.2. The monoisotopic (exact) mass is 360 g/mol. The van der Waals surface area contributed by atoms with E-state index >= 15 is 0 Å². The summed E-state index contributed by atoms with van der Waals surface area (Å²) in [5, 5.41) is 6.31. The van der Waals surface area contributed by atoms with Crippen molar-refractivity contribution in [3.63, 3.8) is 0 Å². The van der Waals surface area contributed by atoms with Crippen LogP contribution in [0.2, 0.25) is 0 Å². The highest BCUT2D eigenvalue weighted by Gasteiger charge is 2.05. The highest BCUT2D eigenvalue weighted by molar-refractivity contribution is 5.92. The lowest BCUT2D eigenvalue weighted by atomic mass is 10.1. The summed E-state index contributed by atoms with van der Waals surface area (Å²) in [7, 11) is 1.67. The fraction of sp³-hybridized carbons (Fsp3) is 0.174. The van der Waals surface area contributed by atoms with Gasteiger partial charge in [-0.3, -0.25) is 4.79 Å². The van der Waals surface area contributed by atoms with Gasteiger partial charge in [-0.05, 0) is 42.8 Å². The van der Waals surface area contributed by atoms with Gasteiger partial charge < -0.3 is 15.4 Å². The number of nitrogens with one attached hydrogen (secondary N) is 2. The molecule has 0 aromatic heterocycles. The molecule has 0 aliphatic heterocycles. The van der Waals surface area contributed by atoms with Crippen molar-refractivity contribution in [2.45, 2.75) is 19.9 Å². The van der Waals surface area contributed by atoms with Crippen molar-refractivity contribution in [3.8, 4) is 5.75 Å². The predicted molar refractivity (Wildman–Crippen MR) is 110 cm³/mol. The highest BCUT2D eigenvalue weighted by Crippen LogP contribution is 2.20. The molecule has 0 aliphatic rings. The number of carbonyl (C=O) groups is 1. The van der Waals surface area contributed by atoms with Crippen molar-refractivity contribution >= 4 is 17.3 Å². The van der Waals surface area contributed by atoms with Gasteiger partial charge in [0.2, 0.25) is 5.91 Å². The molecule has 0 radical (unpaired) electrons. The van der Waals surface area contributed by atoms with E-state index in [-0.39, 0.29) is 5.91 Å². The van der Waals surface area contributed by atoms with Crippen LogP contribution in [0.1, 0.15) is 16.7 Å². The summed E-state index contributed by atoms with van der Waals surface area (Å²) in [6, 6.07) is 23.6. The van der Waals surface area contributed by atoms with Gasteiger partial charge in [-0.2, -0.15) is 0 Å². The van der Waals surface area contributed by atoms with Crippen LogP contribution in [0.25, 0.3) is 0 Å². The molecule has 0 bridgehead atoms. The van der Waals surface area contributed by atoms with E-state index in [2.05, 4.69) is 10.6 Å². The quantitative estimate of drug-likeness (QED) is 0.636. The number of benzene rings is 3. The molecule has 3 rings (SSSR count). The summed E-state index contributed by atoms with van der Waals surface area (Å²) in [6.45, 7) is 2.70. The Morgan fingerprint density at radius 1 is 0.926 bits per heavy atom. The summed E-state index contributed by atoms with van der Waals surface area (Å²) in [6.07, 6.45) is 0.371. The molecule has 0 spiro atoms. The van der Waals surface area contributed by atoms with Gasteiger partial charge in [0.1, 0.15) is 5.75 Å². The van der Waals surface area contributed by atoms with Crippen LogP contribution in [0.15, 0.2) is 72.8 Å². The molecule has 3 aromatic carbocycles. The summed E-state index contributed by atoms with van der Waals surface area (Å²) in [5.41, 5.74) is 5.04. The van der Waals surface area contributed by atoms with E-state index in [1.807, 2.05) is 79.7 Å². The van der Waals surface area contributed by atoms with Gasteiger partial charge in [0, 0.05) is 23.5 Å². The lowest BCUT2D eigenvalue weighted by molar-refractivity contribution is -0.115. The van der Waals surface area contributed by atoms with Gasteiger partial charge >= 0.3 is 0 Å². The largest absolute Gasteiger partial charge is 0.496 e. The Bertz CT molecular complexity index is 904. The number of hydrogen-bond acceptors (Lipinski definition) is 3. The first-order valence-electron chi connectivity index (χ1n) is 8.95. The molecule has 3 aromatic rings. The third-order valence-electron chi connectivity index (χ3n) is 4.29. The second-order valence-electron chi connectivity index (χ2n) is 6.46. The van der Waals surface area contributed by atoms with E-state index < -0.39 is 0 Å². The Kier molecular flexibility index (Phi) is 6.10. The minimum Gasteiger partial charge on any atom is -0.496 e. The molecular weight excluding hydrogens is 336 g/mol. The molecule has 0 heterocycles. The molecule has 27 heavy (non-hydrogen) atoms. The molecule has 0 saturated carbocycles. The molecular formula is C23H24N2O2. The van der Waals surface area contributed by atoms with E-state index in [9.17, 15) is 4.79 Å². The number of carbonyl (C=O) groups excluding carboxylic acids is 1. The molecule has 138 valence electrons. The van der Waals surface area contributed by atoms with Gasteiger partial charge in [-0.15, -0.1) is 0 Å². The number of anilines is 2. The van der Waals surface area contributed by atoms with Crippen LogP contribution >= 0.6 is 0 Å². The van der Waals surface area contributed by atoms with Gasteiger partial charge in [0.15, 0.2) is 0 Å². The van der Waals surface area contributed by atoms with E-state index in [0.29, 0.717) is 13.0 Å². The molecule has 0 aliphatic carbocycles. The minimum absolute atomic E-state index is 0.0182. The number of methoxy groups -OCH3 is 1. The van der Waals surface area contributed by atoms with E-state index in [1.54, 1.807) is 7.11 Å². The molecule has 0 atom stereocenters. The first kappa shape index (κ1) is 18.5. The van der Waals surface area contributed by atoms with Crippen molar-refractivity contribution in [2.24, 2.45) is 0 Å². The lowest BCUT2D eigenvalue weighted by Crippen LogP contribution is -2.14. The standard InChI is InChI=1S/C23H24N2O2/c1-17-6-5-7-18(14-17)15-23(26)25-21-12-10-20(11-13-21)24-16-19-8-3-4-9-22(19)27-2/h3-14,24H,15-16H2,1-2H3,(H,25,26). The first-order chi connectivity index (χ1) is 13.1. The van der Waals surface area contributed by atoms with Crippen molar-refractivity contribution in [1.82, 2.24) is 0 Å². The minimum atomic E-state index is -0.0182. The van der Waals surface area contributed by atoms with Gasteiger partial charge in [0.05, 0.1) is 13.5 Å². The van der Waals surface area contributed by atoms with Crippen molar-refractivity contribution in [3.05, 3.63) is 89.5 Å².